The van der Waals surface area contributed by atoms with Gasteiger partial charge < -0.3 is 10.6 Å². The maximum absolute atomic E-state index is 12.1. The van der Waals surface area contributed by atoms with Crippen molar-refractivity contribution in [2.24, 2.45) is 0 Å². The van der Waals surface area contributed by atoms with E-state index in [1.54, 1.807) is 0 Å². The third-order valence-electron chi connectivity index (χ3n) is 2.85. The normalized spacial score (nSPS) is 20.1. The largest absolute Gasteiger partial charge is 0.322 e. The quantitative estimate of drug-likeness (QED) is 0.854. The highest BCUT2D eigenvalue weighted by molar-refractivity contribution is 5.94. The number of nitrogens with one attached hydrogen (secondary N) is 2. The topological polar surface area (TPSA) is 59.0 Å². The monoisotopic (exact) mass is 258 g/mol. The number of carbonyl (C=O) groups excluding carboxylic acids is 1. The average molecular weight is 258 g/mol. The van der Waals surface area contributed by atoms with E-state index in [9.17, 15) is 13.6 Å². The van der Waals surface area contributed by atoms with Crippen LogP contribution in [0.15, 0.2) is 12.4 Å². The van der Waals surface area contributed by atoms with Crippen LogP contribution in [0.3, 0.4) is 0 Å². The minimum atomic E-state index is -2.45. The molecule has 2 N–H and O–H groups in total. The Hall–Kier alpha value is -1.50. The molecule has 1 aliphatic heterocycles. The predicted molar refractivity (Wildman–Crippen MR) is 62.5 cm³/mol. The van der Waals surface area contributed by atoms with Crippen molar-refractivity contribution >= 4 is 11.6 Å². The molecule has 1 aromatic rings. The van der Waals surface area contributed by atoms with E-state index in [1.807, 2.05) is 0 Å². The summed E-state index contributed by atoms with van der Waals surface area (Å²) in [5.74, 6) is -0.133. The molecule has 0 aromatic carbocycles. The summed E-state index contributed by atoms with van der Waals surface area (Å²) >= 11 is 0. The molecular formula is C11H16F2N4O. The first kappa shape index (κ1) is 12.9. The Kier molecular flexibility index (Phi) is 4.24. The van der Waals surface area contributed by atoms with Crippen molar-refractivity contribution < 1.29 is 13.6 Å². The van der Waals surface area contributed by atoms with E-state index in [0.29, 0.717) is 5.69 Å². The van der Waals surface area contributed by atoms with Crippen molar-refractivity contribution in [3.63, 3.8) is 0 Å². The summed E-state index contributed by atoms with van der Waals surface area (Å²) in [6.07, 6.45) is 3.24. The molecule has 5 nitrogen and oxygen atoms in total. The summed E-state index contributed by atoms with van der Waals surface area (Å²) in [5, 5.41) is 9.55. The second-order valence-corrected chi connectivity index (χ2v) is 4.33. The van der Waals surface area contributed by atoms with Crippen LogP contribution in [-0.4, -0.2) is 34.7 Å². The summed E-state index contributed by atoms with van der Waals surface area (Å²) in [6, 6.07) is -0.197. The standard InChI is InChI=1S/C11H16F2N4O/c12-10(13)7-17-6-8(5-15-17)16-11(18)9-3-1-2-4-14-9/h5-6,9-10,14H,1-4,7H2,(H,16,18). The number of alkyl halides is 2. The van der Waals surface area contributed by atoms with Gasteiger partial charge in [0.25, 0.3) is 6.43 Å². The second-order valence-electron chi connectivity index (χ2n) is 4.33. The van der Waals surface area contributed by atoms with E-state index in [0.717, 1.165) is 30.5 Å². The number of hydrogen-bond donors (Lipinski definition) is 2. The van der Waals surface area contributed by atoms with E-state index in [4.69, 9.17) is 0 Å². The summed E-state index contributed by atoms with van der Waals surface area (Å²) < 4.78 is 25.4. The van der Waals surface area contributed by atoms with Gasteiger partial charge in [-0.15, -0.1) is 0 Å². The van der Waals surface area contributed by atoms with Gasteiger partial charge in [-0.3, -0.25) is 9.48 Å². The fourth-order valence-electron chi connectivity index (χ4n) is 1.97. The van der Waals surface area contributed by atoms with Gasteiger partial charge in [-0.05, 0) is 19.4 Å². The van der Waals surface area contributed by atoms with Gasteiger partial charge in [-0.2, -0.15) is 5.10 Å². The molecule has 1 unspecified atom stereocenters. The van der Waals surface area contributed by atoms with Gasteiger partial charge in [-0.25, -0.2) is 8.78 Å². The number of amides is 1. The fraction of sp³-hybridized carbons (Fsp3) is 0.636. The van der Waals surface area contributed by atoms with E-state index >= 15 is 0 Å². The first-order valence-electron chi connectivity index (χ1n) is 6.00. The minimum absolute atomic E-state index is 0.133. The zero-order chi connectivity index (χ0) is 13.0. The van der Waals surface area contributed by atoms with Crippen molar-refractivity contribution in [1.82, 2.24) is 15.1 Å². The molecule has 0 aliphatic carbocycles. The van der Waals surface area contributed by atoms with E-state index in [1.165, 1.54) is 12.4 Å². The number of piperidine rings is 1. The highest BCUT2D eigenvalue weighted by atomic mass is 19.3. The molecule has 100 valence electrons. The molecule has 18 heavy (non-hydrogen) atoms. The van der Waals surface area contributed by atoms with Crippen LogP contribution in [-0.2, 0) is 11.3 Å². The lowest BCUT2D eigenvalue weighted by atomic mass is 10.0. The van der Waals surface area contributed by atoms with Gasteiger partial charge in [0.1, 0.15) is 6.54 Å². The lowest BCUT2D eigenvalue weighted by molar-refractivity contribution is -0.118. The Morgan fingerprint density at radius 2 is 2.44 bits per heavy atom. The summed E-state index contributed by atoms with van der Waals surface area (Å²) in [6.45, 7) is 0.375. The first-order chi connectivity index (χ1) is 8.65. The number of anilines is 1. The van der Waals surface area contributed by atoms with Crippen LogP contribution in [0.5, 0.6) is 0 Å². The molecule has 7 heteroatoms. The SMILES string of the molecule is O=C(Nc1cnn(CC(F)F)c1)C1CCCCN1. The van der Waals surface area contributed by atoms with Crippen molar-refractivity contribution in [3.8, 4) is 0 Å². The zero-order valence-corrected chi connectivity index (χ0v) is 9.90. The molecule has 1 atom stereocenters. The number of rotatable bonds is 4. The Morgan fingerprint density at radius 1 is 1.61 bits per heavy atom. The molecule has 1 aliphatic rings. The molecule has 2 rings (SSSR count). The third-order valence-corrected chi connectivity index (χ3v) is 2.85. The van der Waals surface area contributed by atoms with E-state index in [2.05, 4.69) is 15.7 Å². The molecule has 2 heterocycles. The van der Waals surface area contributed by atoms with Crippen LogP contribution in [0.2, 0.25) is 0 Å². The summed E-state index contributed by atoms with van der Waals surface area (Å²) in [5.41, 5.74) is 0.452. The Balaban J connectivity index is 1.88. The maximum atomic E-state index is 12.1. The number of nitrogens with zero attached hydrogens (tertiary/aromatic N) is 2. The Bertz CT molecular complexity index is 402. The first-order valence-corrected chi connectivity index (χ1v) is 6.00. The predicted octanol–water partition coefficient (Wildman–Crippen LogP) is 1.23. The zero-order valence-electron chi connectivity index (χ0n) is 9.90. The minimum Gasteiger partial charge on any atom is -0.322 e. The Labute approximate surface area is 104 Å². The van der Waals surface area contributed by atoms with Gasteiger partial charge in [-0.1, -0.05) is 6.42 Å². The lowest BCUT2D eigenvalue weighted by Gasteiger charge is -2.22. The van der Waals surface area contributed by atoms with Crippen molar-refractivity contribution in [1.29, 1.82) is 0 Å². The number of aromatic nitrogens is 2. The third kappa shape index (κ3) is 3.49. The molecule has 1 fully saturated rings. The van der Waals surface area contributed by atoms with Crippen LogP contribution < -0.4 is 10.6 Å². The van der Waals surface area contributed by atoms with Crippen LogP contribution >= 0.6 is 0 Å². The van der Waals surface area contributed by atoms with Gasteiger partial charge in [0.15, 0.2) is 0 Å². The van der Waals surface area contributed by atoms with Crippen LogP contribution in [0.1, 0.15) is 19.3 Å². The smallest absolute Gasteiger partial charge is 0.257 e. The van der Waals surface area contributed by atoms with Gasteiger partial charge in [0, 0.05) is 6.20 Å². The Morgan fingerprint density at radius 3 is 3.11 bits per heavy atom. The fourth-order valence-corrected chi connectivity index (χ4v) is 1.97. The van der Waals surface area contributed by atoms with Gasteiger partial charge in [0.2, 0.25) is 5.91 Å². The molecule has 1 amide bonds. The average Bonchev–Trinajstić information content (AvgIpc) is 2.76. The van der Waals surface area contributed by atoms with Crippen molar-refractivity contribution in [3.05, 3.63) is 12.4 Å². The van der Waals surface area contributed by atoms with Crippen LogP contribution in [0.25, 0.3) is 0 Å². The molecule has 0 saturated carbocycles. The summed E-state index contributed by atoms with van der Waals surface area (Å²) in [4.78, 5) is 11.8. The molecule has 1 aromatic heterocycles. The lowest BCUT2D eigenvalue weighted by Crippen LogP contribution is -2.43. The molecule has 0 spiro atoms. The molecule has 1 saturated heterocycles. The number of carbonyl (C=O) groups is 1. The number of hydrogen-bond acceptors (Lipinski definition) is 3. The molecule has 0 bridgehead atoms. The second kappa shape index (κ2) is 5.90. The highest BCUT2D eigenvalue weighted by Gasteiger charge is 2.20. The maximum Gasteiger partial charge on any atom is 0.257 e. The van der Waals surface area contributed by atoms with Crippen molar-refractivity contribution in [2.75, 3.05) is 11.9 Å². The van der Waals surface area contributed by atoms with E-state index in [-0.39, 0.29) is 11.9 Å². The van der Waals surface area contributed by atoms with Crippen LogP contribution in [0.4, 0.5) is 14.5 Å². The highest BCUT2D eigenvalue weighted by Crippen LogP contribution is 2.11. The molecular weight excluding hydrogens is 242 g/mol. The van der Waals surface area contributed by atoms with Gasteiger partial charge in [0.05, 0.1) is 17.9 Å². The molecule has 0 radical (unpaired) electrons. The number of halogens is 2. The van der Waals surface area contributed by atoms with Crippen LogP contribution in [0, 0.1) is 0 Å². The van der Waals surface area contributed by atoms with E-state index < -0.39 is 13.0 Å². The van der Waals surface area contributed by atoms with Crippen molar-refractivity contribution in [2.45, 2.75) is 38.3 Å². The summed E-state index contributed by atoms with van der Waals surface area (Å²) in [7, 11) is 0. The van der Waals surface area contributed by atoms with Gasteiger partial charge >= 0.3 is 0 Å².